The third kappa shape index (κ3) is 2.83. The molecular formula is C6H6NNaO2S. The van der Waals surface area contributed by atoms with Gasteiger partial charge in [-0.2, -0.15) is 0 Å². The van der Waals surface area contributed by atoms with Gasteiger partial charge in [0.15, 0.2) is 0 Å². The van der Waals surface area contributed by atoms with Crippen LogP contribution < -0.4 is 35.3 Å². The Bertz CT molecular complexity index is 303. The Morgan fingerprint density at radius 2 is 1.73 bits per heavy atom. The smallest absolute Gasteiger partial charge is 0.420 e. The van der Waals surface area contributed by atoms with Gasteiger partial charge in [-0.15, -0.1) is 0 Å². The normalized spacial score (nSPS) is 9.18. The Morgan fingerprint density at radius 1 is 1.18 bits per heavy atom. The van der Waals surface area contributed by atoms with Crippen LogP contribution in [0.5, 0.6) is 0 Å². The van der Waals surface area contributed by atoms with E-state index in [1.54, 1.807) is 18.2 Å². The minimum Gasteiger partial charge on any atom is -0.420 e. The van der Waals surface area contributed by atoms with E-state index in [1.807, 2.05) is 0 Å². The summed E-state index contributed by atoms with van der Waals surface area (Å²) in [7, 11) is -2.22. The summed E-state index contributed by atoms with van der Waals surface area (Å²) in [6.45, 7) is 0. The van der Waals surface area contributed by atoms with Crippen LogP contribution in [0.4, 0.5) is 5.69 Å². The molecule has 0 spiro atoms. The SMILES string of the molecule is Nc1ccccc1[S-](=O)=O.[Na+]. The van der Waals surface area contributed by atoms with Gasteiger partial charge in [-0.1, -0.05) is 23.1 Å². The van der Waals surface area contributed by atoms with Crippen LogP contribution in [0, 0.1) is 0 Å². The molecule has 0 bridgehead atoms. The number of hydrogen-bond donors (Lipinski definition) is 1. The number of nitrogens with two attached hydrogens (primary N) is 1. The molecule has 0 aliphatic heterocycles. The van der Waals surface area contributed by atoms with Crippen molar-refractivity contribution >= 4 is 16.4 Å². The topological polar surface area (TPSA) is 60.2 Å². The average molecular weight is 179 g/mol. The van der Waals surface area contributed by atoms with E-state index in [-0.39, 0.29) is 40.1 Å². The Balaban J connectivity index is 0.000001000. The molecule has 54 valence electrons. The zero-order chi connectivity index (χ0) is 7.56. The van der Waals surface area contributed by atoms with Crippen molar-refractivity contribution in [2.45, 2.75) is 4.90 Å². The Labute approximate surface area is 88.8 Å². The first-order valence-electron chi connectivity index (χ1n) is 2.65. The molecule has 0 saturated heterocycles. The number of anilines is 1. The first kappa shape index (κ1) is 11.0. The molecule has 0 unspecified atom stereocenters. The van der Waals surface area contributed by atoms with E-state index in [4.69, 9.17) is 5.73 Å². The van der Waals surface area contributed by atoms with Crippen LogP contribution in [0.3, 0.4) is 0 Å². The summed E-state index contributed by atoms with van der Waals surface area (Å²) >= 11 is 0. The van der Waals surface area contributed by atoms with Crippen LogP contribution in [0.25, 0.3) is 0 Å². The van der Waals surface area contributed by atoms with E-state index in [0.29, 0.717) is 0 Å². The maximum absolute atomic E-state index is 10.3. The molecular weight excluding hydrogens is 173 g/mol. The van der Waals surface area contributed by atoms with Gasteiger partial charge >= 0.3 is 29.6 Å². The maximum atomic E-state index is 10.3. The summed E-state index contributed by atoms with van der Waals surface area (Å²) in [6, 6.07) is 6.32. The molecule has 3 nitrogen and oxygen atoms in total. The molecule has 0 heterocycles. The third-order valence-corrected chi connectivity index (χ3v) is 1.83. The summed E-state index contributed by atoms with van der Waals surface area (Å²) < 4.78 is 20.7. The zero-order valence-corrected chi connectivity index (χ0v) is 8.93. The van der Waals surface area contributed by atoms with E-state index in [2.05, 4.69) is 0 Å². The van der Waals surface area contributed by atoms with Crippen molar-refractivity contribution in [3.05, 3.63) is 24.3 Å². The standard InChI is InChI=1S/C6H6NO2S.Na/c7-5-3-1-2-4-6(5)10(8)9;/h1-4H,7H2;/q-1;+1. The van der Waals surface area contributed by atoms with Crippen molar-refractivity contribution in [2.75, 3.05) is 5.73 Å². The Hall–Kier alpha value is -0.0300. The van der Waals surface area contributed by atoms with E-state index in [0.717, 1.165) is 0 Å². The quantitative estimate of drug-likeness (QED) is 0.306. The van der Waals surface area contributed by atoms with Gasteiger partial charge in [0.2, 0.25) is 0 Å². The van der Waals surface area contributed by atoms with Crippen molar-refractivity contribution in [3.8, 4) is 0 Å². The summed E-state index contributed by atoms with van der Waals surface area (Å²) in [5.74, 6) is 0. The molecule has 0 radical (unpaired) electrons. The molecule has 1 aromatic rings. The number of nitrogen functional groups attached to an aromatic ring is 1. The first-order chi connectivity index (χ1) is 4.72. The molecule has 11 heavy (non-hydrogen) atoms. The molecule has 0 saturated carbocycles. The van der Waals surface area contributed by atoms with Crippen molar-refractivity contribution in [3.63, 3.8) is 0 Å². The van der Waals surface area contributed by atoms with Gasteiger partial charge in [-0.25, -0.2) is 0 Å². The van der Waals surface area contributed by atoms with Crippen LogP contribution in [-0.4, -0.2) is 0 Å². The van der Waals surface area contributed by atoms with Crippen molar-refractivity contribution in [2.24, 2.45) is 0 Å². The van der Waals surface area contributed by atoms with Crippen LogP contribution in [0.2, 0.25) is 0 Å². The summed E-state index contributed by atoms with van der Waals surface area (Å²) in [5.41, 5.74) is 5.62. The van der Waals surface area contributed by atoms with E-state index >= 15 is 0 Å². The van der Waals surface area contributed by atoms with Crippen molar-refractivity contribution in [1.29, 1.82) is 0 Å². The number of benzene rings is 1. The summed E-state index contributed by atoms with van der Waals surface area (Å²) in [4.78, 5) is 0.155. The van der Waals surface area contributed by atoms with Gasteiger partial charge in [-0.3, -0.25) is 0 Å². The largest absolute Gasteiger partial charge is 1.00 e. The van der Waals surface area contributed by atoms with Gasteiger partial charge < -0.3 is 14.2 Å². The molecule has 0 atom stereocenters. The first-order valence-corrected chi connectivity index (χ1v) is 3.73. The van der Waals surface area contributed by atoms with Gasteiger partial charge in [0.05, 0.1) is 0 Å². The zero-order valence-electron chi connectivity index (χ0n) is 6.11. The Kier molecular flexibility index (Phi) is 4.76. The molecule has 2 N–H and O–H groups in total. The molecule has 0 aromatic heterocycles. The van der Waals surface area contributed by atoms with Crippen LogP contribution in [0.1, 0.15) is 0 Å². The average Bonchev–Trinajstić information content (AvgIpc) is 1.88. The van der Waals surface area contributed by atoms with Gasteiger partial charge in [0.1, 0.15) is 0 Å². The molecule has 0 amide bonds. The number of para-hydroxylation sites is 1. The molecule has 0 fully saturated rings. The molecule has 0 aliphatic carbocycles. The fraction of sp³-hybridized carbons (Fsp3) is 0. The monoisotopic (exact) mass is 179 g/mol. The van der Waals surface area contributed by atoms with Gasteiger partial charge in [0.25, 0.3) is 0 Å². The second-order valence-electron chi connectivity index (χ2n) is 1.77. The maximum Gasteiger partial charge on any atom is 1.00 e. The predicted molar refractivity (Wildman–Crippen MR) is 37.9 cm³/mol. The van der Waals surface area contributed by atoms with E-state index in [1.165, 1.54) is 6.07 Å². The molecule has 5 heteroatoms. The number of hydrogen-bond acceptors (Lipinski definition) is 4. The van der Waals surface area contributed by atoms with Crippen LogP contribution in [-0.2, 0) is 19.1 Å². The minimum absolute atomic E-state index is 0. The van der Waals surface area contributed by atoms with Gasteiger partial charge in [-0.05, 0) is 16.8 Å². The molecule has 1 rings (SSSR count). The molecule has 1 aromatic carbocycles. The van der Waals surface area contributed by atoms with E-state index < -0.39 is 10.7 Å². The predicted octanol–water partition coefficient (Wildman–Crippen LogP) is -2.06. The second-order valence-corrected chi connectivity index (χ2v) is 2.68. The molecule has 0 aliphatic rings. The third-order valence-electron chi connectivity index (χ3n) is 1.10. The Morgan fingerprint density at radius 3 is 2.09 bits per heavy atom. The van der Waals surface area contributed by atoms with Crippen LogP contribution in [0.15, 0.2) is 29.2 Å². The van der Waals surface area contributed by atoms with Crippen molar-refractivity contribution in [1.82, 2.24) is 0 Å². The van der Waals surface area contributed by atoms with E-state index in [9.17, 15) is 8.42 Å². The van der Waals surface area contributed by atoms with Crippen molar-refractivity contribution < 1.29 is 38.0 Å². The number of rotatable bonds is 1. The van der Waals surface area contributed by atoms with Crippen LogP contribution >= 0.6 is 0 Å². The minimum atomic E-state index is -2.22. The summed E-state index contributed by atoms with van der Waals surface area (Å²) in [6.07, 6.45) is 0. The summed E-state index contributed by atoms with van der Waals surface area (Å²) in [5, 5.41) is 0. The fourth-order valence-corrected chi connectivity index (χ4v) is 1.08. The second kappa shape index (κ2) is 4.77. The van der Waals surface area contributed by atoms with Gasteiger partial charge in [0, 0.05) is 5.69 Å². The fourth-order valence-electron chi connectivity index (χ4n) is 0.632.